The lowest BCUT2D eigenvalue weighted by Crippen LogP contribution is -2.06. The number of halogens is 1. The summed E-state index contributed by atoms with van der Waals surface area (Å²) in [5.41, 5.74) is 0.329. The van der Waals surface area contributed by atoms with Gasteiger partial charge >= 0.3 is 11.7 Å². The van der Waals surface area contributed by atoms with Gasteiger partial charge in [0.2, 0.25) is 5.75 Å². The van der Waals surface area contributed by atoms with Crippen LogP contribution in [0, 0.1) is 15.9 Å². The molecule has 0 saturated heterocycles. The van der Waals surface area contributed by atoms with E-state index in [0.717, 1.165) is 17.7 Å². The summed E-state index contributed by atoms with van der Waals surface area (Å²) in [5.74, 6) is -1.35. The van der Waals surface area contributed by atoms with E-state index < -0.39 is 22.2 Å². The van der Waals surface area contributed by atoms with Crippen molar-refractivity contribution >= 4 is 5.69 Å². The maximum Gasteiger partial charge on any atom is 0.322 e. The van der Waals surface area contributed by atoms with Gasteiger partial charge in [0, 0.05) is 30.6 Å². The first-order valence-electron chi connectivity index (χ1n) is 5.68. The van der Waals surface area contributed by atoms with Gasteiger partial charge in [-0.1, -0.05) is 6.07 Å². The largest absolute Gasteiger partial charge is 0.414 e. The predicted octanol–water partition coefficient (Wildman–Crippen LogP) is 2.04. The molecule has 0 radical (unpaired) electrons. The minimum Gasteiger partial charge on any atom is -0.414 e. The fraction of sp³-hybridized carbons (Fsp3) is 0.167. The maximum absolute atomic E-state index is 13.6. The van der Waals surface area contributed by atoms with Gasteiger partial charge in [0.05, 0.1) is 4.92 Å². The summed E-state index contributed by atoms with van der Waals surface area (Å²) in [4.78, 5) is 17.8. The molecule has 104 valence electrons. The van der Waals surface area contributed by atoms with E-state index in [-0.39, 0.29) is 6.01 Å². The molecule has 0 atom stereocenters. The quantitative estimate of drug-likeness (QED) is 0.664. The van der Waals surface area contributed by atoms with E-state index in [0.29, 0.717) is 6.54 Å². The van der Waals surface area contributed by atoms with Gasteiger partial charge in [-0.25, -0.2) is 14.4 Å². The molecule has 0 unspecified atom stereocenters. The fourth-order valence-corrected chi connectivity index (χ4v) is 1.52. The van der Waals surface area contributed by atoms with E-state index in [9.17, 15) is 14.5 Å². The summed E-state index contributed by atoms with van der Waals surface area (Å²) >= 11 is 0. The summed E-state index contributed by atoms with van der Waals surface area (Å²) in [7, 11) is 1.77. The number of para-hydroxylation sites is 1. The number of benzene rings is 1. The van der Waals surface area contributed by atoms with Gasteiger partial charge in [-0.3, -0.25) is 10.1 Å². The molecule has 1 N–H and O–H groups in total. The minimum absolute atomic E-state index is 0.155. The number of nitro groups is 1. The Kier molecular flexibility index (Phi) is 4.16. The Labute approximate surface area is 113 Å². The second-order valence-electron chi connectivity index (χ2n) is 3.85. The third kappa shape index (κ3) is 3.04. The molecule has 0 saturated carbocycles. The van der Waals surface area contributed by atoms with Crippen LogP contribution in [0.1, 0.15) is 5.56 Å². The zero-order valence-corrected chi connectivity index (χ0v) is 10.5. The molecule has 1 heterocycles. The van der Waals surface area contributed by atoms with Gasteiger partial charge in [-0.15, -0.1) is 0 Å². The molecule has 0 amide bonds. The lowest BCUT2D eigenvalue weighted by Gasteiger charge is -2.06. The van der Waals surface area contributed by atoms with Crippen LogP contribution in [-0.2, 0) is 6.54 Å². The van der Waals surface area contributed by atoms with Crippen molar-refractivity contribution in [2.45, 2.75) is 6.54 Å². The van der Waals surface area contributed by atoms with Crippen LogP contribution < -0.4 is 10.1 Å². The molecular weight excluding hydrogens is 267 g/mol. The number of hydrogen-bond donors (Lipinski definition) is 1. The molecule has 0 bridgehead atoms. The highest BCUT2D eigenvalue weighted by molar-refractivity contribution is 5.48. The summed E-state index contributed by atoms with van der Waals surface area (Å²) < 4.78 is 18.7. The summed E-state index contributed by atoms with van der Waals surface area (Å²) in [6.45, 7) is 0.570. The van der Waals surface area contributed by atoms with Crippen LogP contribution in [0.4, 0.5) is 10.1 Å². The van der Waals surface area contributed by atoms with Crippen molar-refractivity contribution in [2.75, 3.05) is 7.05 Å². The van der Waals surface area contributed by atoms with Gasteiger partial charge in [0.15, 0.2) is 5.82 Å². The Morgan fingerprint density at radius 1 is 1.40 bits per heavy atom. The molecule has 0 fully saturated rings. The first kappa shape index (κ1) is 13.8. The summed E-state index contributed by atoms with van der Waals surface area (Å²) in [5, 5.41) is 13.7. The Bertz CT molecular complexity index is 619. The molecule has 2 aromatic rings. The van der Waals surface area contributed by atoms with Crippen LogP contribution in [0.5, 0.6) is 11.8 Å². The van der Waals surface area contributed by atoms with Crippen molar-refractivity contribution < 1.29 is 14.1 Å². The number of nitrogens with zero attached hydrogens (tertiary/aromatic N) is 3. The van der Waals surface area contributed by atoms with Crippen LogP contribution in [0.15, 0.2) is 30.6 Å². The molecule has 1 aromatic heterocycles. The maximum atomic E-state index is 13.6. The van der Waals surface area contributed by atoms with Crippen molar-refractivity contribution in [1.29, 1.82) is 0 Å². The first-order chi connectivity index (χ1) is 9.61. The van der Waals surface area contributed by atoms with Crippen LogP contribution in [0.2, 0.25) is 0 Å². The van der Waals surface area contributed by atoms with Gasteiger partial charge in [0.25, 0.3) is 0 Å². The summed E-state index contributed by atoms with van der Waals surface area (Å²) in [6, 6.07) is 3.29. The standard InChI is InChI=1S/C12H11FN4O3/c1-14-5-8-6-15-12(16-7-8)20-11-9(13)3-2-4-10(11)17(18)19/h2-4,6-7,14H,5H2,1H3. The van der Waals surface area contributed by atoms with Gasteiger partial charge < -0.3 is 10.1 Å². The molecular formula is C12H11FN4O3. The Morgan fingerprint density at radius 3 is 2.70 bits per heavy atom. The van der Waals surface area contributed by atoms with Crippen LogP contribution in [-0.4, -0.2) is 21.9 Å². The number of rotatable bonds is 5. The third-order valence-corrected chi connectivity index (χ3v) is 2.40. The van der Waals surface area contributed by atoms with Crippen LogP contribution in [0.3, 0.4) is 0 Å². The minimum atomic E-state index is -0.845. The van der Waals surface area contributed by atoms with Crippen LogP contribution in [0.25, 0.3) is 0 Å². The number of aromatic nitrogens is 2. The van der Waals surface area contributed by atoms with Crippen LogP contribution >= 0.6 is 0 Å². The van der Waals surface area contributed by atoms with Crippen molar-refractivity contribution in [3.63, 3.8) is 0 Å². The van der Waals surface area contributed by atoms with Gasteiger partial charge in [-0.2, -0.15) is 0 Å². The Hall–Kier alpha value is -2.61. The SMILES string of the molecule is CNCc1cnc(Oc2c(F)cccc2[N+](=O)[O-])nc1. The number of nitro benzene ring substituents is 1. The van der Waals surface area contributed by atoms with E-state index in [2.05, 4.69) is 15.3 Å². The third-order valence-electron chi connectivity index (χ3n) is 2.40. The first-order valence-corrected chi connectivity index (χ1v) is 5.68. The van der Waals surface area contributed by atoms with Crippen molar-refractivity contribution in [3.8, 4) is 11.8 Å². The highest BCUT2D eigenvalue weighted by Gasteiger charge is 2.21. The van der Waals surface area contributed by atoms with E-state index in [4.69, 9.17) is 4.74 Å². The zero-order valence-electron chi connectivity index (χ0n) is 10.5. The highest BCUT2D eigenvalue weighted by atomic mass is 19.1. The molecule has 2 rings (SSSR count). The van der Waals surface area contributed by atoms with E-state index in [1.165, 1.54) is 18.5 Å². The van der Waals surface area contributed by atoms with Gasteiger partial charge in [0.1, 0.15) is 0 Å². The summed E-state index contributed by atoms with van der Waals surface area (Å²) in [6.07, 6.45) is 2.98. The zero-order chi connectivity index (χ0) is 14.5. The molecule has 0 spiro atoms. The molecule has 0 aliphatic heterocycles. The van der Waals surface area contributed by atoms with Crippen molar-refractivity contribution in [3.05, 3.63) is 52.1 Å². The molecule has 8 heteroatoms. The van der Waals surface area contributed by atoms with E-state index >= 15 is 0 Å². The number of hydrogen-bond acceptors (Lipinski definition) is 6. The topological polar surface area (TPSA) is 90.2 Å². The molecule has 0 aliphatic carbocycles. The fourth-order valence-electron chi connectivity index (χ4n) is 1.52. The smallest absolute Gasteiger partial charge is 0.322 e. The van der Waals surface area contributed by atoms with Crippen molar-refractivity contribution in [1.82, 2.24) is 15.3 Å². The lowest BCUT2D eigenvalue weighted by atomic mass is 10.3. The average Bonchev–Trinajstić information content (AvgIpc) is 2.43. The number of ether oxygens (including phenoxy) is 1. The molecule has 20 heavy (non-hydrogen) atoms. The molecule has 7 nitrogen and oxygen atoms in total. The molecule has 0 aliphatic rings. The Balaban J connectivity index is 2.27. The lowest BCUT2D eigenvalue weighted by molar-refractivity contribution is -0.385. The molecule has 1 aromatic carbocycles. The van der Waals surface area contributed by atoms with E-state index in [1.54, 1.807) is 7.05 Å². The predicted molar refractivity (Wildman–Crippen MR) is 67.9 cm³/mol. The van der Waals surface area contributed by atoms with Gasteiger partial charge in [-0.05, 0) is 13.1 Å². The van der Waals surface area contributed by atoms with E-state index in [1.807, 2.05) is 0 Å². The van der Waals surface area contributed by atoms with Crippen molar-refractivity contribution in [2.24, 2.45) is 0 Å². The highest BCUT2D eigenvalue weighted by Crippen LogP contribution is 2.32. The monoisotopic (exact) mass is 278 g/mol. The Morgan fingerprint density at radius 2 is 2.10 bits per heavy atom. The second kappa shape index (κ2) is 6.02. The number of nitrogens with one attached hydrogen (secondary N) is 1. The average molecular weight is 278 g/mol. The second-order valence-corrected chi connectivity index (χ2v) is 3.85. The normalized spacial score (nSPS) is 10.3.